The summed E-state index contributed by atoms with van der Waals surface area (Å²) in [4.78, 5) is 72.1. The number of rotatable bonds is 9. The fourth-order valence-electron chi connectivity index (χ4n) is 10.5. The molecule has 3 aliphatic heterocycles. The summed E-state index contributed by atoms with van der Waals surface area (Å²) in [5, 5.41) is 32.8. The number of allylic oxidation sites excluding steroid dienone is 6. The van der Waals surface area contributed by atoms with Gasteiger partial charge < -0.3 is 48.6 Å². The van der Waals surface area contributed by atoms with E-state index in [-0.39, 0.29) is 74.1 Å². The first kappa shape index (κ1) is 57.2. The summed E-state index contributed by atoms with van der Waals surface area (Å²) in [5.41, 5.74) is 1.26. The number of carbonyl (C=O) groups is 5. The lowest BCUT2D eigenvalue weighted by Crippen LogP contribution is -2.61. The molecule has 0 radical (unpaired) electrons. The van der Waals surface area contributed by atoms with Gasteiger partial charge >= 0.3 is 5.97 Å². The molecule has 3 fully saturated rings. The van der Waals surface area contributed by atoms with Crippen molar-refractivity contribution in [3.63, 3.8) is 0 Å². The number of piperidine rings is 1. The van der Waals surface area contributed by atoms with E-state index in [0.717, 1.165) is 12.0 Å². The molecule has 3 unspecified atom stereocenters. The summed E-state index contributed by atoms with van der Waals surface area (Å²) in [5.74, 6) is -7.96. The molecule has 4 rings (SSSR count). The Hall–Kier alpha value is -3.41. The summed E-state index contributed by atoms with van der Waals surface area (Å²) in [6, 6.07) is -1.14. The standard InChI is InChI=1S/C53H83NO14/c1-32-16-12-11-13-17-33(2)44(63-8)30-40-21-19-38(7)53(62,68-40)50(59)51(60)54-23-15-14-18-41(54)52(61)67-45(35(4)28-39-20-22-43(66-25-24-55)46(29-39)64-9)31-42(56)34(3)27-37(6)48(58)49(65-10)47(57)36(5)26-32/h11-13,16-17,27,32,34-36,38-41,43-46,48-49,55,58,62H,14-15,18-26,28-31H2,1-10H3/b13-11+,16-12+,33-17+,37-27+/t32-,34-,35-,36?,38-,39+,40+,41?,43-,44+,45+,46-,48-,49?,53-/m1/s1. The van der Waals surface area contributed by atoms with E-state index in [1.807, 2.05) is 58.1 Å². The second kappa shape index (κ2) is 27.3. The third kappa shape index (κ3) is 15.3. The minimum Gasteiger partial charge on any atom is -0.460 e. The number of fused-ring (bicyclic) bond motifs is 3. The van der Waals surface area contributed by atoms with E-state index in [0.29, 0.717) is 63.4 Å². The van der Waals surface area contributed by atoms with Gasteiger partial charge in [-0.05, 0) is 107 Å². The smallest absolute Gasteiger partial charge is 0.329 e. The Labute approximate surface area is 405 Å². The van der Waals surface area contributed by atoms with Crippen molar-refractivity contribution in [2.75, 3.05) is 41.1 Å². The van der Waals surface area contributed by atoms with Crippen LogP contribution in [-0.4, -0.2) is 145 Å². The molecule has 0 spiro atoms. The highest BCUT2D eigenvalue weighted by molar-refractivity contribution is 6.39. The molecule has 68 heavy (non-hydrogen) atoms. The summed E-state index contributed by atoms with van der Waals surface area (Å²) in [6.07, 6.45) is 12.0. The van der Waals surface area contributed by atoms with Crippen LogP contribution in [0.1, 0.15) is 126 Å². The van der Waals surface area contributed by atoms with Crippen LogP contribution in [0.3, 0.4) is 0 Å². The van der Waals surface area contributed by atoms with Crippen molar-refractivity contribution in [2.24, 2.45) is 35.5 Å². The maximum Gasteiger partial charge on any atom is 0.329 e. The van der Waals surface area contributed by atoms with Gasteiger partial charge in [-0.15, -0.1) is 0 Å². The number of ketones is 3. The monoisotopic (exact) mass is 958 g/mol. The third-order valence-electron chi connectivity index (χ3n) is 14.9. The van der Waals surface area contributed by atoms with E-state index in [9.17, 15) is 39.3 Å². The highest BCUT2D eigenvalue weighted by Gasteiger charge is 2.53. The van der Waals surface area contributed by atoms with Crippen molar-refractivity contribution >= 4 is 29.2 Å². The maximum absolute atomic E-state index is 14.5. The minimum absolute atomic E-state index is 0.0158. The second-order valence-corrected chi connectivity index (χ2v) is 20.2. The molecular weight excluding hydrogens is 875 g/mol. The third-order valence-corrected chi connectivity index (χ3v) is 14.9. The van der Waals surface area contributed by atoms with E-state index in [2.05, 4.69) is 0 Å². The number of Topliss-reactive ketones (excluding diaryl/α,β-unsaturated/α-hetero) is 3. The normalized spacial score (nSPS) is 39.2. The van der Waals surface area contributed by atoms with Crippen molar-refractivity contribution in [3.8, 4) is 0 Å². The molecule has 3 N–H and O–H groups in total. The highest BCUT2D eigenvalue weighted by Crippen LogP contribution is 2.38. The maximum atomic E-state index is 14.5. The lowest BCUT2D eigenvalue weighted by atomic mass is 9.78. The summed E-state index contributed by atoms with van der Waals surface area (Å²) in [6.45, 7) is 12.9. The van der Waals surface area contributed by atoms with Crippen LogP contribution in [0.4, 0.5) is 0 Å². The lowest BCUT2D eigenvalue weighted by Gasteiger charge is -2.42. The number of esters is 1. The largest absolute Gasteiger partial charge is 0.460 e. The van der Waals surface area contributed by atoms with Gasteiger partial charge in [-0.1, -0.05) is 71.1 Å². The molecule has 1 amide bonds. The zero-order valence-electron chi connectivity index (χ0n) is 42.4. The van der Waals surface area contributed by atoms with Crippen molar-refractivity contribution in [2.45, 2.75) is 180 Å². The Morgan fingerprint density at radius 2 is 1.59 bits per heavy atom. The molecule has 0 aromatic rings. The summed E-state index contributed by atoms with van der Waals surface area (Å²) >= 11 is 0. The van der Waals surface area contributed by atoms with Crippen LogP contribution in [-0.2, 0) is 52.4 Å². The Kier molecular flexibility index (Phi) is 22.9. The number of carbonyl (C=O) groups excluding carboxylic acids is 5. The van der Waals surface area contributed by atoms with Crippen LogP contribution >= 0.6 is 0 Å². The number of aliphatic hydroxyl groups excluding tert-OH is 2. The van der Waals surface area contributed by atoms with Crippen molar-refractivity contribution in [3.05, 3.63) is 47.6 Å². The molecule has 15 heteroatoms. The van der Waals surface area contributed by atoms with Gasteiger partial charge in [-0.25, -0.2) is 4.79 Å². The Morgan fingerprint density at radius 3 is 2.26 bits per heavy atom. The Balaban J connectivity index is 1.70. The molecule has 1 aliphatic carbocycles. The van der Waals surface area contributed by atoms with Crippen molar-refractivity contribution in [1.29, 1.82) is 0 Å². The Bertz CT molecular complexity index is 1810. The molecule has 0 aromatic carbocycles. The van der Waals surface area contributed by atoms with Crippen LogP contribution in [0.25, 0.3) is 0 Å². The zero-order chi connectivity index (χ0) is 50.3. The van der Waals surface area contributed by atoms with E-state index in [1.54, 1.807) is 41.1 Å². The first-order valence-corrected chi connectivity index (χ1v) is 25.0. The van der Waals surface area contributed by atoms with Crippen LogP contribution in [0.2, 0.25) is 0 Å². The van der Waals surface area contributed by atoms with Gasteiger partial charge in [-0.3, -0.25) is 19.2 Å². The lowest BCUT2D eigenvalue weighted by molar-refractivity contribution is -0.265. The molecule has 384 valence electrons. The van der Waals surface area contributed by atoms with Gasteiger partial charge in [0.05, 0.1) is 37.6 Å². The number of hydrogen-bond donors (Lipinski definition) is 3. The van der Waals surface area contributed by atoms with Crippen LogP contribution in [0, 0.1) is 35.5 Å². The predicted molar refractivity (Wildman–Crippen MR) is 256 cm³/mol. The van der Waals surface area contributed by atoms with Crippen molar-refractivity contribution in [1.82, 2.24) is 4.90 Å². The molecular formula is C53H83NO14. The number of methoxy groups -OCH3 is 3. The average molecular weight is 958 g/mol. The molecule has 15 nitrogen and oxygen atoms in total. The van der Waals surface area contributed by atoms with Gasteiger partial charge in [0.1, 0.15) is 30.1 Å². The van der Waals surface area contributed by atoms with Crippen LogP contribution in [0.5, 0.6) is 0 Å². The van der Waals surface area contributed by atoms with E-state index in [4.69, 9.17) is 28.4 Å². The molecule has 3 heterocycles. The van der Waals surface area contributed by atoms with E-state index >= 15 is 0 Å². The van der Waals surface area contributed by atoms with Crippen LogP contribution in [0.15, 0.2) is 47.6 Å². The van der Waals surface area contributed by atoms with Crippen LogP contribution < -0.4 is 0 Å². The number of cyclic esters (lactones) is 1. The second-order valence-electron chi connectivity index (χ2n) is 20.2. The quantitative estimate of drug-likeness (QED) is 0.134. The first-order chi connectivity index (χ1) is 32.3. The number of ether oxygens (including phenoxy) is 6. The summed E-state index contributed by atoms with van der Waals surface area (Å²) in [7, 11) is 4.58. The number of aliphatic hydroxyl groups is 3. The number of nitrogens with zero attached hydrogens (tertiary/aromatic N) is 1. The molecule has 15 atom stereocenters. The summed E-state index contributed by atoms with van der Waals surface area (Å²) < 4.78 is 35.6. The minimum atomic E-state index is -2.43. The molecule has 4 aliphatic rings. The van der Waals surface area contributed by atoms with Gasteiger partial charge in [-0.2, -0.15) is 0 Å². The van der Waals surface area contributed by atoms with E-state index < -0.39 is 77.8 Å². The predicted octanol–water partition coefficient (Wildman–Crippen LogP) is 6.20. The van der Waals surface area contributed by atoms with E-state index in [1.165, 1.54) is 12.0 Å². The zero-order valence-corrected chi connectivity index (χ0v) is 42.4. The van der Waals surface area contributed by atoms with Gasteiger partial charge in [0.15, 0.2) is 5.78 Å². The SMILES string of the molecule is COC1C(=O)C(C)C[C@H](C)/C=C/C=C/C=C(\C)[C@@H](OC)C[C@@H]2CC[C@@H](C)[C@@](O)(O2)C(=O)C(=O)N2CCCCC2C(=O)O[C@H]([C@H](C)C[C@@H]2CC[C@@H](OCCO)[C@H](OC)C2)CC(=O)[C@H](C)/C=C(\C)[C@H]1O. The van der Waals surface area contributed by atoms with Gasteiger partial charge in [0.2, 0.25) is 5.79 Å². The fourth-order valence-corrected chi connectivity index (χ4v) is 10.5. The molecule has 1 saturated carbocycles. The topological polar surface area (TPSA) is 205 Å². The number of hydrogen-bond acceptors (Lipinski definition) is 14. The average Bonchev–Trinajstić information content (AvgIpc) is 3.32. The Morgan fingerprint density at radius 1 is 0.853 bits per heavy atom. The van der Waals surface area contributed by atoms with Crippen molar-refractivity contribution < 1.29 is 67.7 Å². The molecule has 2 bridgehead atoms. The van der Waals surface area contributed by atoms with Gasteiger partial charge in [0.25, 0.3) is 11.7 Å². The van der Waals surface area contributed by atoms with Gasteiger partial charge in [0, 0.05) is 58.5 Å². The highest BCUT2D eigenvalue weighted by atomic mass is 16.6. The first-order valence-electron chi connectivity index (χ1n) is 25.0. The molecule has 2 saturated heterocycles. The number of amides is 1. The molecule has 0 aromatic heterocycles. The fraction of sp³-hybridized carbons (Fsp3) is 0.755.